The summed E-state index contributed by atoms with van der Waals surface area (Å²) in [5.74, 6) is 0.447. The van der Waals surface area contributed by atoms with Gasteiger partial charge in [-0.2, -0.15) is 0 Å². The van der Waals surface area contributed by atoms with Crippen LogP contribution in [0, 0.1) is 5.92 Å². The molecule has 1 aliphatic heterocycles. The molecule has 6 nitrogen and oxygen atoms in total. The normalized spacial score (nSPS) is 21.4. The molecule has 1 saturated heterocycles. The average molecular weight is 315 g/mol. The van der Waals surface area contributed by atoms with Crippen LogP contribution in [0.4, 0.5) is 0 Å². The second-order valence-corrected chi connectivity index (χ2v) is 5.94. The van der Waals surface area contributed by atoms with Gasteiger partial charge in [-0.05, 0) is 6.42 Å². The number of aliphatic hydroxyl groups is 2. The summed E-state index contributed by atoms with van der Waals surface area (Å²) in [6.45, 7) is 0.732. The molecular formula is C17H21N3O3. The minimum absolute atomic E-state index is 0.0485. The lowest BCUT2D eigenvalue weighted by molar-refractivity contribution is 0.000525. The number of imidazole rings is 1. The fraction of sp³-hybridized carbons (Fsp3) is 0.412. The van der Waals surface area contributed by atoms with Crippen molar-refractivity contribution >= 4 is 5.91 Å². The van der Waals surface area contributed by atoms with Crippen LogP contribution in [0.2, 0.25) is 0 Å². The van der Waals surface area contributed by atoms with Gasteiger partial charge in [0.05, 0.1) is 12.3 Å². The van der Waals surface area contributed by atoms with Gasteiger partial charge in [-0.15, -0.1) is 0 Å². The third-order valence-corrected chi connectivity index (χ3v) is 4.48. The van der Waals surface area contributed by atoms with Crippen LogP contribution in [0.3, 0.4) is 0 Å². The van der Waals surface area contributed by atoms with Gasteiger partial charge < -0.3 is 19.7 Å². The summed E-state index contributed by atoms with van der Waals surface area (Å²) in [7, 11) is 1.82. The highest BCUT2D eigenvalue weighted by Crippen LogP contribution is 2.22. The van der Waals surface area contributed by atoms with Crippen LogP contribution >= 0.6 is 0 Å². The molecule has 3 rings (SSSR count). The maximum atomic E-state index is 12.7. The fourth-order valence-corrected chi connectivity index (χ4v) is 3.00. The van der Waals surface area contributed by atoms with Crippen molar-refractivity contribution < 1.29 is 15.0 Å². The summed E-state index contributed by atoms with van der Waals surface area (Å²) < 4.78 is 1.78. The van der Waals surface area contributed by atoms with E-state index in [2.05, 4.69) is 4.98 Å². The number of likely N-dealkylation sites (tertiary alicyclic amines) is 1. The Hall–Kier alpha value is -2.18. The zero-order chi connectivity index (χ0) is 16.4. The largest absolute Gasteiger partial charge is 0.396 e. The molecule has 1 aromatic heterocycles. The first-order valence-corrected chi connectivity index (χ1v) is 7.77. The van der Waals surface area contributed by atoms with E-state index in [0.717, 1.165) is 11.4 Å². The Morgan fingerprint density at radius 3 is 2.74 bits per heavy atom. The maximum Gasteiger partial charge on any atom is 0.272 e. The highest BCUT2D eigenvalue weighted by molar-refractivity contribution is 5.93. The lowest BCUT2D eigenvalue weighted by atomic mass is 9.94. The Morgan fingerprint density at radius 1 is 1.35 bits per heavy atom. The van der Waals surface area contributed by atoms with Gasteiger partial charge in [-0.3, -0.25) is 4.79 Å². The minimum atomic E-state index is -0.681. The van der Waals surface area contributed by atoms with Gasteiger partial charge in [0.2, 0.25) is 0 Å². The molecular weight excluding hydrogens is 294 g/mol. The van der Waals surface area contributed by atoms with Crippen molar-refractivity contribution in [2.75, 3.05) is 19.7 Å². The van der Waals surface area contributed by atoms with Crippen molar-refractivity contribution in [3.63, 3.8) is 0 Å². The monoisotopic (exact) mass is 315 g/mol. The number of nitrogens with zero attached hydrogens (tertiary/aromatic N) is 3. The summed E-state index contributed by atoms with van der Waals surface area (Å²) >= 11 is 0. The third kappa shape index (κ3) is 3.00. The number of aliphatic hydroxyl groups excluding tert-OH is 2. The molecule has 1 fully saturated rings. The lowest BCUT2D eigenvalue weighted by Gasteiger charge is -2.35. The number of benzene rings is 1. The Labute approximate surface area is 135 Å². The number of aromatic nitrogens is 2. The second-order valence-electron chi connectivity index (χ2n) is 5.94. The van der Waals surface area contributed by atoms with Crippen LogP contribution in [0.15, 0.2) is 36.5 Å². The molecule has 6 heteroatoms. The molecule has 2 atom stereocenters. The number of hydrogen-bond donors (Lipinski definition) is 2. The summed E-state index contributed by atoms with van der Waals surface area (Å²) in [6.07, 6.45) is 1.50. The zero-order valence-corrected chi connectivity index (χ0v) is 13.1. The van der Waals surface area contributed by atoms with Gasteiger partial charge in [0.15, 0.2) is 0 Å². The number of hydrogen-bond acceptors (Lipinski definition) is 4. The third-order valence-electron chi connectivity index (χ3n) is 4.48. The number of carbonyl (C=O) groups is 1. The highest BCUT2D eigenvalue weighted by atomic mass is 16.3. The first kappa shape index (κ1) is 15.7. The van der Waals surface area contributed by atoms with E-state index in [1.807, 2.05) is 37.4 Å². The van der Waals surface area contributed by atoms with Crippen LogP contribution in [-0.4, -0.2) is 56.4 Å². The molecule has 1 amide bonds. The van der Waals surface area contributed by atoms with Crippen molar-refractivity contribution in [2.45, 2.75) is 12.5 Å². The molecule has 0 saturated carbocycles. The van der Waals surface area contributed by atoms with Crippen LogP contribution in [0.5, 0.6) is 0 Å². The van der Waals surface area contributed by atoms with Crippen LogP contribution in [0.1, 0.15) is 16.9 Å². The van der Waals surface area contributed by atoms with E-state index in [9.17, 15) is 15.0 Å². The maximum absolute atomic E-state index is 12.7. The predicted octanol–water partition coefficient (Wildman–Crippen LogP) is 0.902. The molecule has 0 bridgehead atoms. The summed E-state index contributed by atoms with van der Waals surface area (Å²) in [6, 6.07) is 9.70. The van der Waals surface area contributed by atoms with Crippen LogP contribution in [0.25, 0.3) is 11.4 Å². The molecule has 2 aromatic rings. The number of rotatable bonds is 3. The quantitative estimate of drug-likeness (QED) is 0.882. The fourth-order valence-electron chi connectivity index (χ4n) is 3.00. The zero-order valence-electron chi connectivity index (χ0n) is 13.1. The average Bonchev–Trinajstić information content (AvgIpc) is 2.96. The van der Waals surface area contributed by atoms with E-state index in [4.69, 9.17) is 0 Å². The van der Waals surface area contributed by atoms with Gasteiger partial charge in [0, 0.05) is 38.2 Å². The molecule has 0 radical (unpaired) electrons. The molecule has 2 N–H and O–H groups in total. The molecule has 0 unspecified atom stereocenters. The lowest BCUT2D eigenvalue weighted by Crippen LogP contribution is -2.47. The molecule has 23 heavy (non-hydrogen) atoms. The van der Waals surface area contributed by atoms with Gasteiger partial charge in [0.1, 0.15) is 11.5 Å². The van der Waals surface area contributed by atoms with E-state index in [1.54, 1.807) is 15.7 Å². The molecule has 2 heterocycles. The van der Waals surface area contributed by atoms with Crippen molar-refractivity contribution in [2.24, 2.45) is 13.0 Å². The van der Waals surface area contributed by atoms with Gasteiger partial charge in [-0.1, -0.05) is 30.3 Å². The summed E-state index contributed by atoms with van der Waals surface area (Å²) in [4.78, 5) is 18.7. The molecule has 1 aliphatic rings. The standard InChI is InChI=1S/C17H21N3O3/c1-19-14(9-18-16(19)12-5-3-2-4-6-12)17(23)20-8-7-13(11-21)15(22)10-20/h2-6,9,13,15,21-22H,7-8,10-11H2,1H3/t13-,15-/m1/s1. The van der Waals surface area contributed by atoms with Crippen LogP contribution < -0.4 is 0 Å². The Bertz CT molecular complexity index is 684. The minimum Gasteiger partial charge on any atom is -0.396 e. The van der Waals surface area contributed by atoms with Crippen molar-refractivity contribution in [3.05, 3.63) is 42.2 Å². The second kappa shape index (κ2) is 6.52. The highest BCUT2D eigenvalue weighted by Gasteiger charge is 2.31. The topological polar surface area (TPSA) is 78.6 Å². The predicted molar refractivity (Wildman–Crippen MR) is 85.7 cm³/mol. The van der Waals surface area contributed by atoms with Crippen LogP contribution in [-0.2, 0) is 7.05 Å². The number of piperidine rings is 1. The molecule has 1 aromatic carbocycles. The number of β-amino-alcohol motifs (C(OH)–C–C–N with tert-alkyl or cyclic N) is 1. The number of amides is 1. The molecule has 0 aliphatic carbocycles. The summed E-state index contributed by atoms with van der Waals surface area (Å²) in [5.41, 5.74) is 1.45. The van der Waals surface area contributed by atoms with Gasteiger partial charge >= 0.3 is 0 Å². The first-order valence-electron chi connectivity index (χ1n) is 7.77. The van der Waals surface area contributed by atoms with E-state index < -0.39 is 6.10 Å². The van der Waals surface area contributed by atoms with Gasteiger partial charge in [-0.25, -0.2) is 4.98 Å². The van der Waals surface area contributed by atoms with E-state index in [0.29, 0.717) is 18.7 Å². The Kier molecular flexibility index (Phi) is 4.45. The van der Waals surface area contributed by atoms with Crippen molar-refractivity contribution in [3.8, 4) is 11.4 Å². The van der Waals surface area contributed by atoms with E-state index >= 15 is 0 Å². The first-order chi connectivity index (χ1) is 11.1. The Balaban J connectivity index is 1.80. The molecule has 0 spiro atoms. The van der Waals surface area contributed by atoms with Gasteiger partial charge in [0.25, 0.3) is 5.91 Å². The van der Waals surface area contributed by atoms with E-state index in [1.165, 1.54) is 0 Å². The SMILES string of the molecule is Cn1c(C(=O)N2CC[C@H](CO)[C@H](O)C2)cnc1-c1ccccc1. The van der Waals surface area contributed by atoms with Crippen molar-refractivity contribution in [1.82, 2.24) is 14.5 Å². The smallest absolute Gasteiger partial charge is 0.272 e. The molecule has 122 valence electrons. The Morgan fingerprint density at radius 2 is 2.09 bits per heavy atom. The number of carbonyl (C=O) groups excluding carboxylic acids is 1. The van der Waals surface area contributed by atoms with E-state index in [-0.39, 0.29) is 25.0 Å². The summed E-state index contributed by atoms with van der Waals surface area (Å²) in [5, 5.41) is 19.2. The van der Waals surface area contributed by atoms with Crippen molar-refractivity contribution in [1.29, 1.82) is 0 Å².